The standard InChI is InChI=1S/C15H18N2O.BrH/c1-13(16-18-2)15-9-6-10-17(12-15)11-14-7-4-3-5-8-14;/h3-10H,11-12H2,1-2H3;1H. The maximum Gasteiger partial charge on any atom is 0.106 e. The van der Waals surface area contributed by atoms with Crippen molar-refractivity contribution < 1.29 is 4.84 Å². The molecule has 0 bridgehead atoms. The Morgan fingerprint density at radius 2 is 2.05 bits per heavy atom. The van der Waals surface area contributed by atoms with Crippen LogP contribution in [-0.4, -0.2) is 24.3 Å². The third kappa shape index (κ3) is 4.56. The van der Waals surface area contributed by atoms with Gasteiger partial charge in [0, 0.05) is 13.1 Å². The van der Waals surface area contributed by atoms with Crippen molar-refractivity contribution in [3.8, 4) is 0 Å². The van der Waals surface area contributed by atoms with Gasteiger partial charge in [0.1, 0.15) is 7.11 Å². The van der Waals surface area contributed by atoms with E-state index in [0.29, 0.717) is 0 Å². The molecule has 1 aliphatic rings. The maximum atomic E-state index is 4.81. The van der Waals surface area contributed by atoms with Gasteiger partial charge < -0.3 is 9.74 Å². The SMILES string of the molecule is Br.CON=C(C)C1=CC=CN(Cc2ccccc2)C1. The third-order valence-corrected chi connectivity index (χ3v) is 2.89. The van der Waals surface area contributed by atoms with Crippen molar-refractivity contribution in [3.63, 3.8) is 0 Å². The van der Waals surface area contributed by atoms with Crippen molar-refractivity contribution in [1.29, 1.82) is 0 Å². The molecular weight excluding hydrogens is 304 g/mol. The number of oxime groups is 1. The quantitative estimate of drug-likeness (QED) is 0.625. The Labute approximate surface area is 125 Å². The van der Waals surface area contributed by atoms with Crippen LogP contribution in [0.15, 0.2) is 59.4 Å². The lowest BCUT2D eigenvalue weighted by molar-refractivity contribution is 0.213. The van der Waals surface area contributed by atoms with E-state index >= 15 is 0 Å². The summed E-state index contributed by atoms with van der Waals surface area (Å²) in [6.07, 6.45) is 6.24. The van der Waals surface area contributed by atoms with Gasteiger partial charge in [-0.3, -0.25) is 0 Å². The summed E-state index contributed by atoms with van der Waals surface area (Å²) in [7, 11) is 1.57. The van der Waals surface area contributed by atoms with E-state index < -0.39 is 0 Å². The van der Waals surface area contributed by atoms with Crippen LogP contribution in [0.2, 0.25) is 0 Å². The zero-order valence-corrected chi connectivity index (χ0v) is 13.0. The van der Waals surface area contributed by atoms with Crippen LogP contribution in [0.25, 0.3) is 0 Å². The number of allylic oxidation sites excluding steroid dienone is 2. The summed E-state index contributed by atoms with van der Waals surface area (Å²) in [6.45, 7) is 3.74. The fraction of sp³-hybridized carbons (Fsp3) is 0.267. The minimum absolute atomic E-state index is 0. The normalized spacial score (nSPS) is 14.7. The predicted molar refractivity (Wildman–Crippen MR) is 84.5 cm³/mol. The number of nitrogens with zero attached hydrogens (tertiary/aromatic N) is 2. The minimum Gasteiger partial charge on any atom is -0.399 e. The van der Waals surface area contributed by atoms with Crippen LogP contribution in [-0.2, 0) is 11.4 Å². The summed E-state index contributed by atoms with van der Waals surface area (Å²) >= 11 is 0. The molecule has 2 rings (SSSR count). The zero-order chi connectivity index (χ0) is 12.8. The predicted octanol–water partition coefficient (Wildman–Crippen LogP) is 3.54. The Morgan fingerprint density at radius 1 is 1.32 bits per heavy atom. The van der Waals surface area contributed by atoms with E-state index in [-0.39, 0.29) is 17.0 Å². The first-order chi connectivity index (χ1) is 8.79. The summed E-state index contributed by atoms with van der Waals surface area (Å²) in [5.74, 6) is 0. The average Bonchev–Trinajstić information content (AvgIpc) is 2.40. The van der Waals surface area contributed by atoms with Gasteiger partial charge in [-0.1, -0.05) is 41.6 Å². The molecule has 0 unspecified atom stereocenters. The molecule has 0 N–H and O–H groups in total. The third-order valence-electron chi connectivity index (χ3n) is 2.89. The average molecular weight is 323 g/mol. The Hall–Kier alpha value is -1.55. The number of halogens is 1. The Kier molecular flexibility index (Phi) is 6.36. The fourth-order valence-corrected chi connectivity index (χ4v) is 1.96. The van der Waals surface area contributed by atoms with E-state index in [1.165, 1.54) is 11.1 Å². The Balaban J connectivity index is 0.00000180. The smallest absolute Gasteiger partial charge is 0.106 e. The molecule has 1 aromatic rings. The molecule has 0 saturated carbocycles. The van der Waals surface area contributed by atoms with Gasteiger partial charge in [0.15, 0.2) is 0 Å². The van der Waals surface area contributed by atoms with Crippen LogP contribution in [0.4, 0.5) is 0 Å². The van der Waals surface area contributed by atoms with E-state index in [2.05, 4.69) is 52.7 Å². The second-order valence-electron chi connectivity index (χ2n) is 4.28. The monoisotopic (exact) mass is 322 g/mol. The van der Waals surface area contributed by atoms with E-state index in [1.54, 1.807) is 7.11 Å². The van der Waals surface area contributed by atoms with Crippen molar-refractivity contribution in [1.82, 2.24) is 4.90 Å². The highest BCUT2D eigenvalue weighted by Gasteiger charge is 2.10. The lowest BCUT2D eigenvalue weighted by Gasteiger charge is -2.24. The van der Waals surface area contributed by atoms with Crippen molar-refractivity contribution in [3.05, 3.63) is 59.8 Å². The molecule has 0 radical (unpaired) electrons. The van der Waals surface area contributed by atoms with Crippen LogP contribution in [0, 0.1) is 0 Å². The first kappa shape index (κ1) is 15.5. The maximum absolute atomic E-state index is 4.81. The first-order valence-corrected chi connectivity index (χ1v) is 6.03. The summed E-state index contributed by atoms with van der Waals surface area (Å²) in [6, 6.07) is 10.5. The number of hydrogen-bond acceptors (Lipinski definition) is 3. The molecule has 1 aliphatic heterocycles. The second-order valence-corrected chi connectivity index (χ2v) is 4.28. The number of hydrogen-bond donors (Lipinski definition) is 0. The van der Waals surface area contributed by atoms with E-state index in [1.807, 2.05) is 13.0 Å². The molecular formula is C15H19BrN2O. The van der Waals surface area contributed by atoms with Crippen LogP contribution in [0.5, 0.6) is 0 Å². The Morgan fingerprint density at radius 3 is 2.74 bits per heavy atom. The summed E-state index contributed by atoms with van der Waals surface area (Å²) in [4.78, 5) is 7.08. The van der Waals surface area contributed by atoms with Gasteiger partial charge in [0.25, 0.3) is 0 Å². The highest BCUT2D eigenvalue weighted by atomic mass is 79.9. The van der Waals surface area contributed by atoms with Crippen molar-refractivity contribution >= 4 is 22.7 Å². The summed E-state index contributed by atoms with van der Waals surface area (Å²) in [5, 5.41) is 3.98. The molecule has 0 spiro atoms. The molecule has 0 amide bonds. The highest BCUT2D eigenvalue weighted by Crippen LogP contribution is 2.13. The molecule has 0 saturated heterocycles. The second kappa shape index (κ2) is 7.79. The first-order valence-electron chi connectivity index (χ1n) is 6.03. The number of rotatable bonds is 4. The van der Waals surface area contributed by atoms with Crippen molar-refractivity contribution in [2.24, 2.45) is 5.16 Å². The van der Waals surface area contributed by atoms with Gasteiger partial charge in [0.2, 0.25) is 0 Å². The molecule has 19 heavy (non-hydrogen) atoms. The zero-order valence-electron chi connectivity index (χ0n) is 11.2. The minimum atomic E-state index is 0. The summed E-state index contributed by atoms with van der Waals surface area (Å²) < 4.78 is 0. The lowest BCUT2D eigenvalue weighted by Crippen LogP contribution is -2.24. The molecule has 3 nitrogen and oxygen atoms in total. The van der Waals surface area contributed by atoms with E-state index in [9.17, 15) is 0 Å². The van der Waals surface area contributed by atoms with Gasteiger partial charge >= 0.3 is 0 Å². The van der Waals surface area contributed by atoms with E-state index in [0.717, 1.165) is 18.8 Å². The lowest BCUT2D eigenvalue weighted by atomic mass is 10.1. The highest BCUT2D eigenvalue weighted by molar-refractivity contribution is 8.93. The van der Waals surface area contributed by atoms with Gasteiger partial charge in [0.05, 0.1) is 5.71 Å². The molecule has 4 heteroatoms. The van der Waals surface area contributed by atoms with Crippen LogP contribution < -0.4 is 0 Å². The van der Waals surface area contributed by atoms with Crippen molar-refractivity contribution in [2.75, 3.05) is 13.7 Å². The van der Waals surface area contributed by atoms with E-state index in [4.69, 9.17) is 4.84 Å². The fourth-order valence-electron chi connectivity index (χ4n) is 1.96. The van der Waals surface area contributed by atoms with Gasteiger partial charge in [-0.05, 0) is 30.3 Å². The summed E-state index contributed by atoms with van der Waals surface area (Å²) in [5.41, 5.74) is 3.43. The van der Waals surface area contributed by atoms with Crippen molar-refractivity contribution in [2.45, 2.75) is 13.5 Å². The Bertz CT molecular complexity index is 480. The van der Waals surface area contributed by atoms with Crippen LogP contribution in [0.3, 0.4) is 0 Å². The molecule has 0 aromatic heterocycles. The molecule has 0 fully saturated rings. The number of benzene rings is 1. The molecule has 102 valence electrons. The van der Waals surface area contributed by atoms with Gasteiger partial charge in [-0.25, -0.2) is 0 Å². The molecule has 0 aliphatic carbocycles. The molecule has 1 heterocycles. The molecule has 0 atom stereocenters. The topological polar surface area (TPSA) is 24.8 Å². The largest absolute Gasteiger partial charge is 0.399 e. The van der Waals surface area contributed by atoms with Gasteiger partial charge in [-0.15, -0.1) is 17.0 Å². The van der Waals surface area contributed by atoms with Gasteiger partial charge in [-0.2, -0.15) is 0 Å². The van der Waals surface area contributed by atoms with Crippen LogP contribution >= 0.6 is 17.0 Å². The molecule has 1 aromatic carbocycles. The van der Waals surface area contributed by atoms with Crippen LogP contribution in [0.1, 0.15) is 12.5 Å².